The first-order valence-electron chi connectivity index (χ1n) is 11.8. The highest BCUT2D eigenvalue weighted by Gasteiger charge is 2.42. The zero-order chi connectivity index (χ0) is 24.9. The lowest BCUT2D eigenvalue weighted by molar-refractivity contribution is -0.00847. The summed E-state index contributed by atoms with van der Waals surface area (Å²) < 4.78 is 15.8. The number of fused-ring (bicyclic) bond motifs is 1. The minimum atomic E-state index is -1.29. The summed E-state index contributed by atoms with van der Waals surface area (Å²) in [5.74, 6) is 0.897. The molecule has 1 saturated heterocycles. The molecule has 0 aliphatic carbocycles. The van der Waals surface area contributed by atoms with Crippen LogP contribution in [0.2, 0.25) is 0 Å². The van der Waals surface area contributed by atoms with Crippen LogP contribution in [0.4, 0.5) is 22.0 Å². The zero-order valence-electron chi connectivity index (χ0n) is 20.1. The van der Waals surface area contributed by atoms with Crippen LogP contribution in [-0.2, 0) is 20.0 Å². The highest BCUT2D eigenvalue weighted by atomic mass is 19.1. The van der Waals surface area contributed by atoms with E-state index in [4.69, 9.17) is 0 Å². The molecule has 1 aromatic carbocycles. The molecule has 0 radical (unpaired) electrons. The Morgan fingerprint density at radius 1 is 1.17 bits per heavy atom. The number of rotatable bonds is 5. The van der Waals surface area contributed by atoms with Gasteiger partial charge in [-0.2, -0.15) is 10.1 Å². The van der Waals surface area contributed by atoms with Crippen LogP contribution in [0.25, 0.3) is 11.1 Å². The number of aromatic amines is 1. The average Bonchev–Trinajstić information content (AvgIpc) is 3.51. The Morgan fingerprint density at radius 3 is 2.69 bits per heavy atom. The van der Waals surface area contributed by atoms with Crippen molar-refractivity contribution in [1.29, 1.82) is 0 Å². The van der Waals surface area contributed by atoms with Gasteiger partial charge in [0.2, 0.25) is 11.9 Å². The number of nitrogens with zero attached hydrogens (tertiary/aromatic N) is 7. The zero-order valence-corrected chi connectivity index (χ0v) is 20.1. The second-order valence-electron chi connectivity index (χ2n) is 9.61. The first-order valence-corrected chi connectivity index (χ1v) is 11.8. The van der Waals surface area contributed by atoms with E-state index in [2.05, 4.69) is 35.4 Å². The average molecular weight is 488 g/mol. The molecule has 3 aromatic heterocycles. The van der Waals surface area contributed by atoms with Crippen molar-refractivity contribution >= 4 is 23.5 Å². The summed E-state index contributed by atoms with van der Waals surface area (Å²) in [5, 5.41) is 10.0. The molecule has 2 aliphatic rings. The highest BCUT2D eigenvalue weighted by molar-refractivity contribution is 5.94. The lowest BCUT2D eigenvalue weighted by Crippen LogP contribution is -2.59. The Morgan fingerprint density at radius 2 is 1.97 bits per heavy atom. The highest BCUT2D eigenvalue weighted by Crippen LogP contribution is 2.30. The van der Waals surface area contributed by atoms with Crippen LogP contribution >= 0.6 is 0 Å². The third-order valence-corrected chi connectivity index (χ3v) is 6.80. The number of nitrogens with one attached hydrogen (secondary N) is 2. The van der Waals surface area contributed by atoms with E-state index in [1.165, 1.54) is 13.3 Å². The van der Waals surface area contributed by atoms with Crippen LogP contribution in [0.3, 0.4) is 0 Å². The first kappa shape index (κ1) is 22.2. The second kappa shape index (κ2) is 8.43. The van der Waals surface area contributed by atoms with Crippen molar-refractivity contribution in [3.8, 4) is 11.1 Å². The van der Waals surface area contributed by atoms with Gasteiger partial charge in [-0.25, -0.2) is 14.4 Å². The fourth-order valence-electron chi connectivity index (χ4n) is 4.86. The maximum atomic E-state index is 13.9. The van der Waals surface area contributed by atoms with E-state index in [9.17, 15) is 9.18 Å². The smallest absolute Gasteiger partial charge is 0.270 e. The van der Waals surface area contributed by atoms with Gasteiger partial charge >= 0.3 is 0 Å². The van der Waals surface area contributed by atoms with E-state index < -0.39 is 5.67 Å². The summed E-state index contributed by atoms with van der Waals surface area (Å²) in [4.78, 5) is 29.8. The Labute approximate surface area is 207 Å². The van der Waals surface area contributed by atoms with Gasteiger partial charge in [-0.15, -0.1) is 0 Å². The SMILES string of the molecule is Cn1c(C(=O)N2CC(C)(F)C2)cc2c1CN(c1ncnc(Nc3ccc(-c4cn[nH]c4)cc3)n1)CC2. The van der Waals surface area contributed by atoms with Crippen LogP contribution in [0, 0.1) is 0 Å². The number of halogens is 1. The molecule has 0 spiro atoms. The number of hydrogen-bond acceptors (Lipinski definition) is 7. The van der Waals surface area contributed by atoms with Gasteiger partial charge in [-0.05, 0) is 42.7 Å². The van der Waals surface area contributed by atoms with Crippen molar-refractivity contribution < 1.29 is 9.18 Å². The summed E-state index contributed by atoms with van der Waals surface area (Å²) in [5.41, 5.74) is 4.41. The van der Waals surface area contributed by atoms with Crippen molar-refractivity contribution in [2.45, 2.75) is 25.6 Å². The third kappa shape index (κ3) is 4.06. The molecule has 36 heavy (non-hydrogen) atoms. The maximum absolute atomic E-state index is 13.9. The monoisotopic (exact) mass is 487 g/mol. The number of amides is 1. The van der Waals surface area contributed by atoms with Gasteiger partial charge in [-0.1, -0.05) is 12.1 Å². The minimum absolute atomic E-state index is 0.126. The molecule has 184 valence electrons. The molecule has 0 unspecified atom stereocenters. The van der Waals surface area contributed by atoms with Gasteiger partial charge in [0, 0.05) is 36.7 Å². The lowest BCUT2D eigenvalue weighted by atomic mass is 9.98. The molecule has 11 heteroatoms. The van der Waals surface area contributed by atoms with Crippen LogP contribution in [0.15, 0.2) is 49.1 Å². The second-order valence-corrected chi connectivity index (χ2v) is 9.61. The molecule has 0 bridgehead atoms. The lowest BCUT2D eigenvalue weighted by Gasteiger charge is -2.42. The molecule has 6 rings (SSSR count). The molecule has 0 atom stereocenters. The Bertz CT molecular complexity index is 1400. The third-order valence-electron chi connectivity index (χ3n) is 6.80. The van der Waals surface area contributed by atoms with E-state index >= 15 is 0 Å². The van der Waals surface area contributed by atoms with Gasteiger partial charge in [-0.3, -0.25) is 9.89 Å². The fraction of sp³-hybridized carbons (Fsp3) is 0.320. The molecule has 2 aliphatic heterocycles. The van der Waals surface area contributed by atoms with Crippen LogP contribution in [0.5, 0.6) is 0 Å². The van der Waals surface area contributed by atoms with E-state index in [0.29, 0.717) is 24.1 Å². The number of likely N-dealkylation sites (tertiary alicyclic amines) is 1. The normalized spacial score (nSPS) is 16.4. The summed E-state index contributed by atoms with van der Waals surface area (Å²) in [7, 11) is 1.89. The quantitative estimate of drug-likeness (QED) is 0.445. The molecule has 10 nitrogen and oxygen atoms in total. The number of benzene rings is 1. The molecule has 1 fully saturated rings. The molecule has 1 amide bonds. The number of carbonyl (C=O) groups excluding carboxylic acids is 1. The van der Waals surface area contributed by atoms with Crippen LogP contribution in [-0.4, -0.2) is 65.8 Å². The van der Waals surface area contributed by atoms with Crippen LogP contribution < -0.4 is 10.2 Å². The van der Waals surface area contributed by atoms with Gasteiger partial charge in [0.05, 0.1) is 25.8 Å². The predicted molar refractivity (Wildman–Crippen MR) is 133 cm³/mol. The topological polar surface area (TPSA) is 108 Å². The summed E-state index contributed by atoms with van der Waals surface area (Å²) >= 11 is 0. The molecule has 5 heterocycles. The summed E-state index contributed by atoms with van der Waals surface area (Å²) in [6.07, 6.45) is 5.89. The van der Waals surface area contributed by atoms with Gasteiger partial charge < -0.3 is 19.7 Å². The summed E-state index contributed by atoms with van der Waals surface area (Å²) in [6.45, 7) is 3.10. The van der Waals surface area contributed by atoms with Gasteiger partial charge in [0.15, 0.2) is 0 Å². The van der Waals surface area contributed by atoms with E-state index in [-0.39, 0.29) is 19.0 Å². The minimum Gasteiger partial charge on any atom is -0.342 e. The van der Waals surface area contributed by atoms with E-state index in [1.807, 2.05) is 48.1 Å². The van der Waals surface area contributed by atoms with Crippen LogP contribution in [0.1, 0.15) is 28.7 Å². The van der Waals surface area contributed by atoms with Crippen molar-refractivity contribution in [2.24, 2.45) is 7.05 Å². The summed E-state index contributed by atoms with van der Waals surface area (Å²) in [6, 6.07) is 9.88. The first-order chi connectivity index (χ1) is 17.4. The standard InChI is InChI=1S/C25H26FN9O/c1-25(26)13-35(14-25)22(36)20-9-17-7-8-34(12-21(17)33(20)2)24-28-15-27-23(32-24)31-19-5-3-16(4-6-19)18-10-29-30-11-18/h3-6,9-11,15H,7-8,12-14H2,1-2H3,(H,29,30)(H,27,28,31,32). The predicted octanol–water partition coefficient (Wildman–Crippen LogP) is 3.09. The Balaban J connectivity index is 1.16. The van der Waals surface area contributed by atoms with E-state index in [0.717, 1.165) is 41.0 Å². The molecular weight excluding hydrogens is 461 g/mol. The largest absolute Gasteiger partial charge is 0.342 e. The molecule has 2 N–H and O–H groups in total. The Hall–Kier alpha value is -4.28. The molecule has 0 saturated carbocycles. The molecule has 4 aromatic rings. The van der Waals surface area contributed by atoms with Crippen molar-refractivity contribution in [3.63, 3.8) is 0 Å². The number of hydrogen-bond donors (Lipinski definition) is 2. The Kier molecular flexibility index (Phi) is 5.20. The number of anilines is 3. The fourth-order valence-corrected chi connectivity index (χ4v) is 4.86. The van der Waals surface area contributed by atoms with Crippen molar-refractivity contribution in [3.05, 3.63) is 66.0 Å². The van der Waals surface area contributed by atoms with E-state index in [1.54, 1.807) is 11.1 Å². The van der Waals surface area contributed by atoms with Crippen molar-refractivity contribution in [1.82, 2.24) is 34.6 Å². The number of H-pyrrole nitrogens is 1. The maximum Gasteiger partial charge on any atom is 0.270 e. The number of carbonyl (C=O) groups is 1. The van der Waals surface area contributed by atoms with Gasteiger partial charge in [0.25, 0.3) is 5.91 Å². The molecular formula is C25H26FN9O. The van der Waals surface area contributed by atoms with Gasteiger partial charge in [0.1, 0.15) is 17.7 Å². The van der Waals surface area contributed by atoms with Crippen molar-refractivity contribution in [2.75, 3.05) is 29.9 Å². The number of alkyl halides is 1. The number of aromatic nitrogens is 6.